The molecule has 0 unspecified atom stereocenters. The lowest BCUT2D eigenvalue weighted by Gasteiger charge is -2.25. The molecule has 0 aromatic carbocycles. The third kappa shape index (κ3) is 3.74. The fraction of sp³-hybridized carbons (Fsp3) is 0.833. The molecule has 1 aliphatic heterocycles. The number of halogens is 1. The lowest BCUT2D eigenvalue weighted by atomic mass is 10.1. The smallest absolute Gasteiger partial charge is 0.0704 e. The lowest BCUT2D eigenvalue weighted by molar-refractivity contribution is -0.0177. The monoisotopic (exact) mass is 260 g/mol. The van der Waals surface area contributed by atoms with E-state index in [0.29, 0.717) is 17.0 Å². The molecule has 0 saturated heterocycles. The minimum Gasteiger partial charge on any atom is -0.374 e. The highest BCUT2D eigenvalue weighted by Crippen LogP contribution is 2.23. The van der Waals surface area contributed by atoms with Crippen LogP contribution in [0.5, 0.6) is 0 Å². The van der Waals surface area contributed by atoms with E-state index in [0.717, 1.165) is 25.7 Å². The van der Waals surface area contributed by atoms with Crippen LogP contribution in [0.25, 0.3) is 0 Å². The number of ether oxygens (including phenoxy) is 1. The summed E-state index contributed by atoms with van der Waals surface area (Å²) < 4.78 is 6.10. The molecule has 0 bridgehead atoms. The van der Waals surface area contributed by atoms with Gasteiger partial charge in [-0.2, -0.15) is 0 Å². The van der Waals surface area contributed by atoms with Gasteiger partial charge >= 0.3 is 0 Å². The standard InChI is InChI=1S/C12H21BrO/c1-3-10-8-6-5-7-9-11(13)12(4-2)14-10/h5,7,10-12H,3-4,6,8-9H2,1-2H3/b7-5-/t10-,11+,12+/m0/s1. The molecule has 0 aliphatic carbocycles. The van der Waals surface area contributed by atoms with Crippen LogP contribution in [0.1, 0.15) is 46.0 Å². The lowest BCUT2D eigenvalue weighted by Crippen LogP contribution is -2.28. The molecule has 0 radical (unpaired) electrons. The van der Waals surface area contributed by atoms with Gasteiger partial charge in [0.15, 0.2) is 0 Å². The van der Waals surface area contributed by atoms with Crippen molar-refractivity contribution >= 4 is 15.9 Å². The molecule has 1 rings (SSSR count). The van der Waals surface area contributed by atoms with Crippen molar-refractivity contribution in [2.75, 3.05) is 0 Å². The summed E-state index contributed by atoms with van der Waals surface area (Å²) in [5.41, 5.74) is 0. The van der Waals surface area contributed by atoms with Gasteiger partial charge in [-0.1, -0.05) is 41.9 Å². The van der Waals surface area contributed by atoms with E-state index in [1.807, 2.05) is 0 Å². The van der Waals surface area contributed by atoms with Gasteiger partial charge < -0.3 is 4.74 Å². The topological polar surface area (TPSA) is 9.23 Å². The molecule has 0 fully saturated rings. The van der Waals surface area contributed by atoms with Crippen molar-refractivity contribution in [3.05, 3.63) is 12.2 Å². The Hall–Kier alpha value is 0.180. The van der Waals surface area contributed by atoms with E-state index in [4.69, 9.17) is 4.74 Å². The van der Waals surface area contributed by atoms with Crippen LogP contribution in [-0.2, 0) is 4.74 Å². The van der Waals surface area contributed by atoms with Crippen LogP contribution in [0, 0.1) is 0 Å². The van der Waals surface area contributed by atoms with Gasteiger partial charge in [0, 0.05) is 4.83 Å². The Balaban J connectivity index is 2.58. The second kappa shape index (κ2) is 6.62. The van der Waals surface area contributed by atoms with Crippen molar-refractivity contribution in [3.8, 4) is 0 Å². The number of alkyl halides is 1. The third-order valence-electron chi connectivity index (χ3n) is 2.81. The Morgan fingerprint density at radius 2 is 2.07 bits per heavy atom. The Morgan fingerprint density at radius 1 is 1.29 bits per heavy atom. The molecular formula is C12H21BrO. The fourth-order valence-electron chi connectivity index (χ4n) is 1.83. The Bertz CT molecular complexity index is 179. The van der Waals surface area contributed by atoms with Crippen molar-refractivity contribution in [2.24, 2.45) is 0 Å². The maximum absolute atomic E-state index is 6.10. The van der Waals surface area contributed by atoms with E-state index in [2.05, 4.69) is 41.9 Å². The second-order valence-electron chi connectivity index (χ2n) is 3.91. The van der Waals surface area contributed by atoms with E-state index >= 15 is 0 Å². The molecule has 2 heteroatoms. The molecule has 3 atom stereocenters. The SMILES string of the molecule is CC[C@H]1CC/C=C\C[C@@H](Br)[C@@H](CC)O1. The van der Waals surface area contributed by atoms with Gasteiger partial charge in [0.05, 0.1) is 12.2 Å². The minimum atomic E-state index is 0.377. The average Bonchev–Trinajstić information content (AvgIpc) is 2.29. The van der Waals surface area contributed by atoms with Gasteiger partial charge in [0.1, 0.15) is 0 Å². The Labute approximate surface area is 96.0 Å². The second-order valence-corrected chi connectivity index (χ2v) is 5.09. The molecule has 1 nitrogen and oxygen atoms in total. The van der Waals surface area contributed by atoms with Gasteiger partial charge in [-0.05, 0) is 32.1 Å². The summed E-state index contributed by atoms with van der Waals surface area (Å²) in [6.45, 7) is 4.41. The van der Waals surface area contributed by atoms with Crippen LogP contribution in [0.2, 0.25) is 0 Å². The summed E-state index contributed by atoms with van der Waals surface area (Å²) in [5.74, 6) is 0. The quantitative estimate of drug-likeness (QED) is 0.538. The number of rotatable bonds is 2. The Kier molecular flexibility index (Phi) is 5.80. The van der Waals surface area contributed by atoms with Crippen molar-refractivity contribution in [2.45, 2.75) is 63.0 Å². The summed E-state index contributed by atoms with van der Waals surface area (Å²) in [5, 5.41) is 0. The van der Waals surface area contributed by atoms with Gasteiger partial charge in [-0.15, -0.1) is 0 Å². The first-order valence-corrected chi connectivity index (χ1v) is 6.64. The highest BCUT2D eigenvalue weighted by molar-refractivity contribution is 9.09. The highest BCUT2D eigenvalue weighted by Gasteiger charge is 2.21. The maximum atomic E-state index is 6.10. The summed E-state index contributed by atoms with van der Waals surface area (Å²) in [6.07, 6.45) is 11.0. The zero-order valence-corrected chi connectivity index (χ0v) is 10.8. The van der Waals surface area contributed by atoms with Crippen molar-refractivity contribution in [1.82, 2.24) is 0 Å². The van der Waals surface area contributed by atoms with Gasteiger partial charge in [0.2, 0.25) is 0 Å². The summed E-state index contributed by atoms with van der Waals surface area (Å²) in [4.78, 5) is 0.482. The predicted molar refractivity (Wildman–Crippen MR) is 64.9 cm³/mol. The fourth-order valence-corrected chi connectivity index (χ4v) is 2.55. The molecule has 0 amide bonds. The third-order valence-corrected chi connectivity index (χ3v) is 3.78. The summed E-state index contributed by atoms with van der Waals surface area (Å²) >= 11 is 3.71. The van der Waals surface area contributed by atoms with E-state index in [1.54, 1.807) is 0 Å². The molecule has 0 aromatic heterocycles. The maximum Gasteiger partial charge on any atom is 0.0704 e. The van der Waals surface area contributed by atoms with Crippen LogP contribution < -0.4 is 0 Å². The van der Waals surface area contributed by atoms with Crippen LogP contribution in [0.3, 0.4) is 0 Å². The molecule has 0 saturated carbocycles. The number of allylic oxidation sites excluding steroid dienone is 2. The molecular weight excluding hydrogens is 240 g/mol. The zero-order chi connectivity index (χ0) is 10.4. The molecule has 1 heterocycles. The first-order chi connectivity index (χ1) is 6.77. The molecule has 1 aliphatic rings. The average molecular weight is 261 g/mol. The van der Waals surface area contributed by atoms with Gasteiger partial charge in [-0.3, -0.25) is 0 Å². The predicted octanol–water partition coefficient (Wildman–Crippen LogP) is 4.06. The molecule has 14 heavy (non-hydrogen) atoms. The zero-order valence-electron chi connectivity index (χ0n) is 9.21. The summed E-state index contributed by atoms with van der Waals surface area (Å²) in [6, 6.07) is 0. The normalized spacial score (nSPS) is 36.9. The van der Waals surface area contributed by atoms with E-state index in [-0.39, 0.29) is 0 Å². The van der Waals surface area contributed by atoms with Gasteiger partial charge in [-0.25, -0.2) is 0 Å². The van der Waals surface area contributed by atoms with Crippen LogP contribution in [-0.4, -0.2) is 17.0 Å². The number of hydrogen-bond donors (Lipinski definition) is 0. The van der Waals surface area contributed by atoms with Gasteiger partial charge in [0.25, 0.3) is 0 Å². The van der Waals surface area contributed by atoms with Crippen LogP contribution in [0.15, 0.2) is 12.2 Å². The molecule has 0 spiro atoms. The largest absolute Gasteiger partial charge is 0.374 e. The highest BCUT2D eigenvalue weighted by atomic mass is 79.9. The first kappa shape index (κ1) is 12.3. The van der Waals surface area contributed by atoms with Crippen molar-refractivity contribution in [3.63, 3.8) is 0 Å². The van der Waals surface area contributed by atoms with Crippen molar-refractivity contribution in [1.29, 1.82) is 0 Å². The van der Waals surface area contributed by atoms with E-state index < -0.39 is 0 Å². The van der Waals surface area contributed by atoms with Crippen LogP contribution in [0.4, 0.5) is 0 Å². The van der Waals surface area contributed by atoms with Crippen LogP contribution >= 0.6 is 15.9 Å². The molecule has 0 aromatic rings. The minimum absolute atomic E-state index is 0.377. The molecule has 82 valence electrons. The van der Waals surface area contributed by atoms with E-state index in [1.165, 1.54) is 6.42 Å². The van der Waals surface area contributed by atoms with E-state index in [9.17, 15) is 0 Å². The first-order valence-electron chi connectivity index (χ1n) is 5.72. The number of hydrogen-bond acceptors (Lipinski definition) is 1. The summed E-state index contributed by atoms with van der Waals surface area (Å²) in [7, 11) is 0. The van der Waals surface area contributed by atoms with Crippen molar-refractivity contribution < 1.29 is 4.74 Å². The molecule has 0 N–H and O–H groups in total. The Morgan fingerprint density at radius 3 is 2.71 bits per heavy atom.